The maximum Gasteiger partial charge on any atom is 0.180 e. The van der Waals surface area contributed by atoms with Crippen molar-refractivity contribution in [3.05, 3.63) is 24.3 Å². The molecule has 2 rings (SSSR count). The smallest absolute Gasteiger partial charge is 0.180 e. The third-order valence-corrected chi connectivity index (χ3v) is 5.93. The summed E-state index contributed by atoms with van der Waals surface area (Å²) in [6.45, 7) is 5.61. The third-order valence-electron chi connectivity index (χ3n) is 4.15. The second kappa shape index (κ2) is 4.80. The van der Waals surface area contributed by atoms with Gasteiger partial charge in [0, 0.05) is 11.5 Å². The molecule has 106 valence electrons. The van der Waals surface area contributed by atoms with E-state index in [4.69, 9.17) is 0 Å². The Morgan fingerprint density at radius 1 is 1.37 bits per heavy atom. The second-order valence-electron chi connectivity index (χ2n) is 5.67. The Morgan fingerprint density at radius 3 is 2.53 bits per heavy atom. The van der Waals surface area contributed by atoms with Gasteiger partial charge in [0.05, 0.1) is 22.4 Å². The lowest BCUT2D eigenvalue weighted by Gasteiger charge is -2.50. The number of anilines is 1. The first-order valence-electron chi connectivity index (χ1n) is 6.55. The fourth-order valence-electron chi connectivity index (χ4n) is 2.35. The zero-order valence-corrected chi connectivity index (χ0v) is 12.4. The molecule has 5 heteroatoms. The highest BCUT2D eigenvalue weighted by Gasteiger charge is 2.47. The van der Waals surface area contributed by atoms with Gasteiger partial charge in [-0.05, 0) is 18.6 Å². The van der Waals surface area contributed by atoms with Crippen molar-refractivity contribution in [3.63, 3.8) is 0 Å². The lowest BCUT2D eigenvalue weighted by atomic mass is 9.64. The second-order valence-corrected chi connectivity index (χ2v) is 7.92. The molecule has 1 aliphatic rings. The van der Waals surface area contributed by atoms with Gasteiger partial charge in [-0.25, -0.2) is 8.42 Å². The number of benzene rings is 1. The summed E-state index contributed by atoms with van der Waals surface area (Å²) in [5.41, 5.74) is 0.401. The molecule has 0 aromatic heterocycles. The SMILES string of the molecule is CCS(=O)(=O)c1ccccc1NC1CC(O)C1(C)C. The molecular weight excluding hydrogens is 262 g/mol. The topological polar surface area (TPSA) is 66.4 Å². The number of aliphatic hydroxyl groups is 1. The van der Waals surface area contributed by atoms with Crippen LogP contribution in [0.2, 0.25) is 0 Å². The molecule has 0 heterocycles. The molecule has 1 aromatic carbocycles. The van der Waals surface area contributed by atoms with Crippen LogP contribution in [0, 0.1) is 5.41 Å². The summed E-state index contributed by atoms with van der Waals surface area (Å²) in [6.07, 6.45) is 0.313. The Balaban J connectivity index is 2.28. The Bertz CT molecular complexity index is 566. The summed E-state index contributed by atoms with van der Waals surface area (Å²) in [6, 6.07) is 7.05. The van der Waals surface area contributed by atoms with E-state index in [-0.39, 0.29) is 23.3 Å². The van der Waals surface area contributed by atoms with Crippen LogP contribution >= 0.6 is 0 Å². The maximum absolute atomic E-state index is 12.0. The van der Waals surface area contributed by atoms with E-state index < -0.39 is 9.84 Å². The highest BCUT2D eigenvalue weighted by molar-refractivity contribution is 7.91. The van der Waals surface area contributed by atoms with Crippen LogP contribution in [0.15, 0.2) is 29.2 Å². The summed E-state index contributed by atoms with van der Waals surface area (Å²) in [4.78, 5) is 0.342. The quantitative estimate of drug-likeness (QED) is 0.887. The Kier molecular flexibility index (Phi) is 3.62. The van der Waals surface area contributed by atoms with Crippen LogP contribution in [-0.4, -0.2) is 31.4 Å². The summed E-state index contributed by atoms with van der Waals surface area (Å²) >= 11 is 0. The van der Waals surface area contributed by atoms with Gasteiger partial charge in [-0.2, -0.15) is 0 Å². The summed E-state index contributed by atoms with van der Waals surface area (Å²) in [5.74, 6) is 0.0857. The minimum atomic E-state index is -3.23. The fraction of sp³-hybridized carbons (Fsp3) is 0.571. The van der Waals surface area contributed by atoms with Crippen molar-refractivity contribution in [1.82, 2.24) is 0 Å². The molecule has 19 heavy (non-hydrogen) atoms. The van der Waals surface area contributed by atoms with E-state index in [0.717, 1.165) is 0 Å². The van der Waals surface area contributed by atoms with Crippen molar-refractivity contribution in [2.45, 2.75) is 44.2 Å². The highest BCUT2D eigenvalue weighted by atomic mass is 32.2. The van der Waals surface area contributed by atoms with Crippen molar-refractivity contribution >= 4 is 15.5 Å². The number of rotatable bonds is 4. The zero-order chi connectivity index (χ0) is 14.3. The van der Waals surface area contributed by atoms with Gasteiger partial charge in [-0.3, -0.25) is 0 Å². The first-order chi connectivity index (χ1) is 8.79. The molecular formula is C14H21NO3S. The molecule has 2 N–H and O–H groups in total. The molecule has 2 unspecified atom stereocenters. The van der Waals surface area contributed by atoms with E-state index in [9.17, 15) is 13.5 Å². The summed E-state index contributed by atoms with van der Waals surface area (Å²) in [5, 5.41) is 13.0. The molecule has 0 bridgehead atoms. The first kappa shape index (κ1) is 14.3. The lowest BCUT2D eigenvalue weighted by molar-refractivity contribution is -0.0511. The molecule has 0 aliphatic heterocycles. The van der Waals surface area contributed by atoms with Crippen molar-refractivity contribution < 1.29 is 13.5 Å². The Labute approximate surface area is 114 Å². The molecule has 1 aromatic rings. The molecule has 0 radical (unpaired) electrons. The fourth-order valence-corrected chi connectivity index (χ4v) is 3.41. The molecule has 2 atom stereocenters. The Morgan fingerprint density at radius 2 is 2.00 bits per heavy atom. The van der Waals surface area contributed by atoms with Gasteiger partial charge in [0.2, 0.25) is 0 Å². The highest BCUT2D eigenvalue weighted by Crippen LogP contribution is 2.42. The van der Waals surface area contributed by atoms with Crippen LogP contribution in [0.3, 0.4) is 0 Å². The molecule has 4 nitrogen and oxygen atoms in total. The first-order valence-corrected chi connectivity index (χ1v) is 8.20. The van der Waals surface area contributed by atoms with Crippen molar-refractivity contribution in [2.75, 3.05) is 11.1 Å². The summed E-state index contributed by atoms with van der Waals surface area (Å²) in [7, 11) is -3.23. The molecule has 1 saturated carbocycles. The van der Waals surface area contributed by atoms with Crippen LogP contribution in [0.4, 0.5) is 5.69 Å². The average Bonchev–Trinajstić information content (AvgIpc) is 2.39. The largest absolute Gasteiger partial charge is 0.392 e. The predicted octanol–water partition coefficient (Wildman–Crippen LogP) is 2.05. The van der Waals surface area contributed by atoms with Crippen LogP contribution in [0.25, 0.3) is 0 Å². The van der Waals surface area contributed by atoms with E-state index in [2.05, 4.69) is 5.32 Å². The normalized spacial score (nSPS) is 25.7. The van der Waals surface area contributed by atoms with Gasteiger partial charge in [0.25, 0.3) is 0 Å². The predicted molar refractivity (Wildman–Crippen MR) is 76.0 cm³/mol. The monoisotopic (exact) mass is 283 g/mol. The third kappa shape index (κ3) is 2.49. The van der Waals surface area contributed by atoms with Gasteiger partial charge < -0.3 is 10.4 Å². The molecule has 0 saturated heterocycles. The molecule has 1 aliphatic carbocycles. The zero-order valence-electron chi connectivity index (χ0n) is 11.6. The van der Waals surface area contributed by atoms with Crippen LogP contribution in [0.5, 0.6) is 0 Å². The number of nitrogens with one attached hydrogen (secondary N) is 1. The number of aliphatic hydroxyl groups excluding tert-OH is 1. The Hall–Kier alpha value is -1.07. The van der Waals surface area contributed by atoms with Gasteiger partial charge in [-0.15, -0.1) is 0 Å². The number of sulfone groups is 1. The van der Waals surface area contributed by atoms with Crippen LogP contribution in [0.1, 0.15) is 27.2 Å². The van der Waals surface area contributed by atoms with E-state index in [0.29, 0.717) is 17.0 Å². The van der Waals surface area contributed by atoms with E-state index in [1.54, 1.807) is 25.1 Å². The van der Waals surface area contributed by atoms with E-state index in [1.165, 1.54) is 0 Å². The number of hydrogen-bond acceptors (Lipinski definition) is 4. The van der Waals surface area contributed by atoms with Crippen LogP contribution in [-0.2, 0) is 9.84 Å². The average molecular weight is 283 g/mol. The summed E-state index contributed by atoms with van der Waals surface area (Å²) < 4.78 is 24.1. The van der Waals surface area contributed by atoms with Gasteiger partial charge in [0.1, 0.15) is 0 Å². The number of para-hydroxylation sites is 1. The van der Waals surface area contributed by atoms with Gasteiger partial charge in [0.15, 0.2) is 9.84 Å². The lowest BCUT2D eigenvalue weighted by Crippen LogP contribution is -2.57. The van der Waals surface area contributed by atoms with Crippen LogP contribution < -0.4 is 5.32 Å². The minimum Gasteiger partial charge on any atom is -0.392 e. The van der Waals surface area contributed by atoms with E-state index in [1.807, 2.05) is 19.9 Å². The van der Waals surface area contributed by atoms with Crippen molar-refractivity contribution in [1.29, 1.82) is 0 Å². The molecule has 1 fully saturated rings. The molecule has 0 spiro atoms. The van der Waals surface area contributed by atoms with Gasteiger partial charge >= 0.3 is 0 Å². The maximum atomic E-state index is 12.0. The van der Waals surface area contributed by atoms with E-state index >= 15 is 0 Å². The van der Waals surface area contributed by atoms with Crippen molar-refractivity contribution in [2.24, 2.45) is 5.41 Å². The molecule has 0 amide bonds. The van der Waals surface area contributed by atoms with Crippen molar-refractivity contribution in [3.8, 4) is 0 Å². The minimum absolute atomic E-state index is 0.0857. The van der Waals surface area contributed by atoms with Gasteiger partial charge in [-0.1, -0.05) is 32.9 Å². The standard InChI is InChI=1S/C14H21NO3S/c1-4-19(17,18)11-8-6-5-7-10(11)15-12-9-13(16)14(12,2)3/h5-8,12-13,15-16H,4,9H2,1-3H3. The number of hydrogen-bond donors (Lipinski definition) is 2.